The predicted octanol–water partition coefficient (Wildman–Crippen LogP) is 2.09. The smallest absolute Gasteiger partial charge is 0.224 e. The molecule has 122 valence electrons. The minimum Gasteiger partial charge on any atom is -0.343 e. The first-order valence-corrected chi connectivity index (χ1v) is 8.30. The number of nitrogens with zero attached hydrogens (tertiary/aromatic N) is 2. The highest BCUT2D eigenvalue weighted by atomic mass is 16.2. The predicted molar refractivity (Wildman–Crippen MR) is 90.3 cm³/mol. The van der Waals surface area contributed by atoms with Crippen LogP contribution in [0.25, 0.3) is 0 Å². The first kappa shape index (κ1) is 17.0. The normalized spacial score (nSPS) is 17.7. The average molecular weight is 303 g/mol. The summed E-state index contributed by atoms with van der Waals surface area (Å²) < 4.78 is 0. The van der Waals surface area contributed by atoms with E-state index in [0.717, 1.165) is 39.0 Å². The first-order valence-electron chi connectivity index (χ1n) is 8.30. The topological polar surface area (TPSA) is 49.6 Å². The number of amides is 1. The molecule has 1 unspecified atom stereocenters. The Morgan fingerprint density at radius 3 is 2.55 bits per heavy atom. The molecule has 1 amide bonds. The number of carbonyl (C=O) groups excluding carboxylic acids is 1. The zero-order valence-electron chi connectivity index (χ0n) is 13.9. The largest absolute Gasteiger partial charge is 0.343 e. The lowest BCUT2D eigenvalue weighted by Crippen LogP contribution is -2.42. The van der Waals surface area contributed by atoms with Crippen LogP contribution >= 0.6 is 0 Å². The maximum absolute atomic E-state index is 12.0. The van der Waals surface area contributed by atoms with Gasteiger partial charge in [-0.3, -0.25) is 4.79 Å². The van der Waals surface area contributed by atoms with Gasteiger partial charge in [0, 0.05) is 38.6 Å². The summed E-state index contributed by atoms with van der Waals surface area (Å²) in [6, 6.07) is 10.5. The zero-order valence-corrected chi connectivity index (χ0v) is 13.9. The molecule has 0 radical (unpaired) electrons. The third-order valence-electron chi connectivity index (χ3n) is 4.33. The molecule has 0 bridgehead atoms. The molecule has 4 nitrogen and oxygen atoms in total. The molecule has 1 heterocycles. The van der Waals surface area contributed by atoms with E-state index < -0.39 is 0 Å². The number of likely N-dealkylation sites (tertiary alicyclic amines) is 1. The number of hydrogen-bond donors (Lipinski definition) is 1. The Morgan fingerprint density at radius 2 is 1.95 bits per heavy atom. The number of benzene rings is 1. The van der Waals surface area contributed by atoms with Crippen LogP contribution in [0.5, 0.6) is 0 Å². The number of carbonyl (C=O) groups is 1. The van der Waals surface area contributed by atoms with E-state index >= 15 is 0 Å². The molecule has 0 saturated carbocycles. The second kappa shape index (κ2) is 8.30. The fraction of sp³-hybridized carbons (Fsp3) is 0.611. The SMILES string of the molecule is CC(N)CC(=O)N1CCC(CN(C)Cc2ccccc2)CC1. The highest BCUT2D eigenvalue weighted by molar-refractivity contribution is 5.76. The van der Waals surface area contributed by atoms with Crippen LogP contribution in [0.15, 0.2) is 30.3 Å². The Balaban J connectivity index is 1.72. The molecule has 1 saturated heterocycles. The lowest BCUT2D eigenvalue weighted by molar-refractivity contribution is -0.132. The first-order chi connectivity index (χ1) is 10.5. The Labute approximate surface area is 134 Å². The van der Waals surface area contributed by atoms with Crippen molar-refractivity contribution in [2.24, 2.45) is 11.7 Å². The quantitative estimate of drug-likeness (QED) is 0.875. The molecule has 1 aliphatic rings. The Hall–Kier alpha value is -1.39. The van der Waals surface area contributed by atoms with Crippen LogP contribution in [-0.4, -0.2) is 48.4 Å². The second-order valence-electron chi connectivity index (χ2n) is 6.69. The maximum atomic E-state index is 12.0. The van der Waals surface area contributed by atoms with Crippen LogP contribution in [0.4, 0.5) is 0 Å². The second-order valence-corrected chi connectivity index (χ2v) is 6.69. The van der Waals surface area contributed by atoms with Crippen molar-refractivity contribution < 1.29 is 4.79 Å². The summed E-state index contributed by atoms with van der Waals surface area (Å²) in [6.07, 6.45) is 2.67. The maximum Gasteiger partial charge on any atom is 0.224 e. The van der Waals surface area contributed by atoms with Gasteiger partial charge in [0.2, 0.25) is 5.91 Å². The van der Waals surface area contributed by atoms with E-state index in [4.69, 9.17) is 5.73 Å². The molecule has 1 aromatic rings. The number of nitrogens with two attached hydrogens (primary N) is 1. The van der Waals surface area contributed by atoms with Crippen LogP contribution in [0.3, 0.4) is 0 Å². The van der Waals surface area contributed by atoms with Gasteiger partial charge in [-0.25, -0.2) is 0 Å². The minimum absolute atomic E-state index is 0.0396. The third-order valence-corrected chi connectivity index (χ3v) is 4.33. The molecular weight excluding hydrogens is 274 g/mol. The van der Waals surface area contributed by atoms with Crippen LogP contribution < -0.4 is 5.73 Å². The molecular formula is C18H29N3O. The van der Waals surface area contributed by atoms with Gasteiger partial charge in [-0.15, -0.1) is 0 Å². The summed E-state index contributed by atoms with van der Waals surface area (Å²) in [7, 11) is 2.18. The molecule has 1 atom stereocenters. The van der Waals surface area contributed by atoms with Crippen molar-refractivity contribution in [1.82, 2.24) is 9.80 Å². The molecule has 0 spiro atoms. The number of rotatable bonds is 6. The lowest BCUT2D eigenvalue weighted by atomic mass is 9.95. The summed E-state index contributed by atoms with van der Waals surface area (Å²) in [4.78, 5) is 16.4. The van der Waals surface area contributed by atoms with Gasteiger partial charge in [0.15, 0.2) is 0 Å². The molecule has 2 N–H and O–H groups in total. The van der Waals surface area contributed by atoms with Gasteiger partial charge in [-0.2, -0.15) is 0 Å². The molecule has 4 heteroatoms. The molecule has 0 aliphatic carbocycles. The van der Waals surface area contributed by atoms with Crippen molar-refractivity contribution in [2.75, 3.05) is 26.7 Å². The van der Waals surface area contributed by atoms with Crippen LogP contribution in [-0.2, 0) is 11.3 Å². The minimum atomic E-state index is -0.0396. The van der Waals surface area contributed by atoms with E-state index in [-0.39, 0.29) is 11.9 Å². The van der Waals surface area contributed by atoms with Gasteiger partial charge < -0.3 is 15.5 Å². The van der Waals surface area contributed by atoms with Crippen molar-refractivity contribution in [1.29, 1.82) is 0 Å². The van der Waals surface area contributed by atoms with E-state index in [9.17, 15) is 4.79 Å². The van der Waals surface area contributed by atoms with E-state index in [1.165, 1.54) is 5.56 Å². The molecule has 0 aromatic heterocycles. The highest BCUT2D eigenvalue weighted by Crippen LogP contribution is 2.19. The van der Waals surface area contributed by atoms with E-state index in [1.54, 1.807) is 0 Å². The van der Waals surface area contributed by atoms with Gasteiger partial charge in [0.05, 0.1) is 0 Å². The monoisotopic (exact) mass is 303 g/mol. The van der Waals surface area contributed by atoms with Crippen molar-refractivity contribution in [3.05, 3.63) is 35.9 Å². The lowest BCUT2D eigenvalue weighted by Gasteiger charge is -2.34. The highest BCUT2D eigenvalue weighted by Gasteiger charge is 2.23. The summed E-state index contributed by atoms with van der Waals surface area (Å²) in [6.45, 7) is 5.75. The van der Waals surface area contributed by atoms with Gasteiger partial charge >= 0.3 is 0 Å². The van der Waals surface area contributed by atoms with Crippen molar-refractivity contribution in [3.63, 3.8) is 0 Å². The molecule has 1 aromatic carbocycles. The molecule has 1 aliphatic heterocycles. The Kier molecular flexibility index (Phi) is 6.40. The summed E-state index contributed by atoms with van der Waals surface area (Å²) in [5.41, 5.74) is 7.07. The fourth-order valence-corrected chi connectivity index (χ4v) is 3.17. The number of hydrogen-bond acceptors (Lipinski definition) is 3. The summed E-state index contributed by atoms with van der Waals surface area (Å²) in [5, 5.41) is 0. The van der Waals surface area contributed by atoms with Crippen LogP contribution in [0, 0.1) is 5.92 Å². The summed E-state index contributed by atoms with van der Waals surface area (Å²) >= 11 is 0. The third kappa shape index (κ3) is 5.43. The molecule has 2 rings (SSSR count). The van der Waals surface area contributed by atoms with E-state index in [0.29, 0.717) is 12.3 Å². The van der Waals surface area contributed by atoms with Gasteiger partial charge in [0.1, 0.15) is 0 Å². The van der Waals surface area contributed by atoms with Gasteiger partial charge in [0.25, 0.3) is 0 Å². The summed E-state index contributed by atoms with van der Waals surface area (Å²) in [5.74, 6) is 0.902. The van der Waals surface area contributed by atoms with Crippen molar-refractivity contribution in [2.45, 2.75) is 38.8 Å². The molecule has 22 heavy (non-hydrogen) atoms. The number of piperidine rings is 1. The average Bonchev–Trinajstić information content (AvgIpc) is 2.48. The van der Waals surface area contributed by atoms with E-state index in [1.807, 2.05) is 11.8 Å². The van der Waals surface area contributed by atoms with Crippen molar-refractivity contribution in [3.8, 4) is 0 Å². The Bertz CT molecular complexity index is 453. The van der Waals surface area contributed by atoms with E-state index in [2.05, 4.69) is 42.3 Å². The fourth-order valence-electron chi connectivity index (χ4n) is 3.17. The standard InChI is InChI=1S/C18H29N3O/c1-15(19)12-18(22)21-10-8-17(9-11-21)14-20(2)13-16-6-4-3-5-7-16/h3-7,15,17H,8-14,19H2,1-2H3. The Morgan fingerprint density at radius 1 is 1.32 bits per heavy atom. The van der Waals surface area contributed by atoms with Gasteiger partial charge in [-0.1, -0.05) is 30.3 Å². The van der Waals surface area contributed by atoms with Crippen LogP contribution in [0.1, 0.15) is 31.7 Å². The van der Waals surface area contributed by atoms with Crippen molar-refractivity contribution >= 4 is 5.91 Å². The van der Waals surface area contributed by atoms with Crippen LogP contribution in [0.2, 0.25) is 0 Å². The zero-order chi connectivity index (χ0) is 15.9. The molecule has 1 fully saturated rings. The van der Waals surface area contributed by atoms with Gasteiger partial charge in [-0.05, 0) is 38.3 Å².